The zero-order chi connectivity index (χ0) is 20.1. The molecule has 0 N–H and O–H groups in total. The van der Waals surface area contributed by atoms with Crippen LogP contribution in [0.4, 0.5) is 19.0 Å². The Kier molecular flexibility index (Phi) is 6.80. The number of alkyl halides is 3. The Morgan fingerprint density at radius 2 is 1.93 bits per heavy atom. The highest BCUT2D eigenvalue weighted by molar-refractivity contribution is 5.78. The third-order valence-corrected chi connectivity index (χ3v) is 5.77. The van der Waals surface area contributed by atoms with Crippen LogP contribution in [0.3, 0.4) is 0 Å². The maximum absolute atomic E-state index is 12.8. The molecular formula is C20H29F3N4O. The first-order chi connectivity index (χ1) is 13.4. The van der Waals surface area contributed by atoms with Crippen molar-refractivity contribution in [1.82, 2.24) is 14.8 Å². The quantitative estimate of drug-likeness (QED) is 0.779. The lowest BCUT2D eigenvalue weighted by Crippen LogP contribution is -2.48. The predicted molar refractivity (Wildman–Crippen MR) is 102 cm³/mol. The molecular weight excluding hydrogens is 369 g/mol. The van der Waals surface area contributed by atoms with Crippen LogP contribution in [0.1, 0.15) is 44.6 Å². The van der Waals surface area contributed by atoms with Crippen molar-refractivity contribution >= 4 is 11.7 Å². The van der Waals surface area contributed by atoms with E-state index in [1.165, 1.54) is 12.5 Å². The Morgan fingerprint density at radius 3 is 2.61 bits per heavy atom. The van der Waals surface area contributed by atoms with Crippen molar-refractivity contribution < 1.29 is 18.0 Å². The van der Waals surface area contributed by atoms with Crippen LogP contribution < -0.4 is 4.90 Å². The normalized spacial score (nSPS) is 22.2. The Labute approximate surface area is 164 Å². The fraction of sp³-hybridized carbons (Fsp3) is 0.700. The van der Waals surface area contributed by atoms with Crippen molar-refractivity contribution in [2.45, 2.75) is 51.2 Å². The summed E-state index contributed by atoms with van der Waals surface area (Å²) in [4.78, 5) is 23.0. The molecule has 1 amide bonds. The summed E-state index contributed by atoms with van der Waals surface area (Å²) in [6.45, 7) is 6.31. The number of aromatic nitrogens is 1. The van der Waals surface area contributed by atoms with E-state index in [0.717, 1.165) is 57.6 Å². The summed E-state index contributed by atoms with van der Waals surface area (Å²) in [5, 5.41) is 0. The van der Waals surface area contributed by atoms with Crippen molar-refractivity contribution in [3.63, 3.8) is 0 Å². The number of piperidine rings is 1. The maximum atomic E-state index is 12.8. The highest BCUT2D eigenvalue weighted by Crippen LogP contribution is 2.29. The number of carbonyl (C=O) groups is 1. The van der Waals surface area contributed by atoms with Gasteiger partial charge in [0.1, 0.15) is 5.82 Å². The molecule has 0 radical (unpaired) electrons. The van der Waals surface area contributed by atoms with E-state index in [2.05, 4.69) is 16.8 Å². The number of likely N-dealkylation sites (tertiary alicyclic amines) is 1. The predicted octanol–water partition coefficient (Wildman–Crippen LogP) is 3.40. The lowest BCUT2D eigenvalue weighted by Gasteiger charge is -2.36. The zero-order valence-electron chi connectivity index (χ0n) is 16.4. The SMILES string of the molecule is CCC1CCCCN1C(=O)CN1CCCN(c2ccc(C(F)(F)F)cn2)CC1. The van der Waals surface area contributed by atoms with E-state index in [0.29, 0.717) is 31.5 Å². The number of hydrogen-bond donors (Lipinski definition) is 0. The van der Waals surface area contributed by atoms with Gasteiger partial charge in [-0.25, -0.2) is 4.98 Å². The van der Waals surface area contributed by atoms with E-state index in [-0.39, 0.29) is 5.91 Å². The molecule has 1 aromatic rings. The smallest absolute Gasteiger partial charge is 0.355 e. The first-order valence-electron chi connectivity index (χ1n) is 10.2. The molecule has 0 aliphatic carbocycles. The summed E-state index contributed by atoms with van der Waals surface area (Å²) < 4.78 is 38.1. The van der Waals surface area contributed by atoms with Crippen molar-refractivity contribution in [1.29, 1.82) is 0 Å². The van der Waals surface area contributed by atoms with Gasteiger partial charge in [0.2, 0.25) is 5.91 Å². The minimum absolute atomic E-state index is 0.202. The van der Waals surface area contributed by atoms with Gasteiger partial charge in [0.25, 0.3) is 0 Å². The second-order valence-corrected chi connectivity index (χ2v) is 7.66. The van der Waals surface area contributed by atoms with E-state index in [9.17, 15) is 18.0 Å². The third-order valence-electron chi connectivity index (χ3n) is 5.77. The molecule has 1 aromatic heterocycles. The zero-order valence-corrected chi connectivity index (χ0v) is 16.4. The summed E-state index contributed by atoms with van der Waals surface area (Å²) in [7, 11) is 0. The van der Waals surface area contributed by atoms with Crippen LogP contribution in [0.2, 0.25) is 0 Å². The molecule has 0 bridgehead atoms. The van der Waals surface area contributed by atoms with Gasteiger partial charge in [0.05, 0.1) is 12.1 Å². The number of pyridine rings is 1. The molecule has 5 nitrogen and oxygen atoms in total. The van der Waals surface area contributed by atoms with Gasteiger partial charge in [0.15, 0.2) is 0 Å². The first kappa shape index (κ1) is 20.9. The summed E-state index contributed by atoms with van der Waals surface area (Å²) in [6, 6.07) is 2.87. The number of halogens is 3. The van der Waals surface area contributed by atoms with Gasteiger partial charge in [-0.15, -0.1) is 0 Å². The third kappa shape index (κ3) is 5.16. The highest BCUT2D eigenvalue weighted by atomic mass is 19.4. The molecule has 1 unspecified atom stereocenters. The van der Waals surface area contributed by atoms with E-state index < -0.39 is 11.7 Å². The molecule has 3 heterocycles. The van der Waals surface area contributed by atoms with Crippen LogP contribution >= 0.6 is 0 Å². The van der Waals surface area contributed by atoms with Gasteiger partial charge in [-0.2, -0.15) is 13.2 Å². The van der Waals surface area contributed by atoms with Gasteiger partial charge in [0, 0.05) is 45.0 Å². The number of amides is 1. The minimum Gasteiger partial charge on any atom is -0.355 e. The molecule has 2 saturated heterocycles. The minimum atomic E-state index is -4.37. The highest BCUT2D eigenvalue weighted by Gasteiger charge is 2.31. The van der Waals surface area contributed by atoms with Crippen molar-refractivity contribution in [3.05, 3.63) is 23.9 Å². The largest absolute Gasteiger partial charge is 0.417 e. The van der Waals surface area contributed by atoms with Crippen molar-refractivity contribution in [2.24, 2.45) is 0 Å². The fourth-order valence-corrected chi connectivity index (χ4v) is 4.13. The van der Waals surface area contributed by atoms with Gasteiger partial charge in [-0.1, -0.05) is 6.92 Å². The van der Waals surface area contributed by atoms with Crippen LogP contribution in [-0.4, -0.2) is 66.0 Å². The van der Waals surface area contributed by atoms with Gasteiger partial charge < -0.3 is 9.80 Å². The number of rotatable bonds is 4. The van der Waals surface area contributed by atoms with Crippen LogP contribution in [0.15, 0.2) is 18.3 Å². The van der Waals surface area contributed by atoms with Crippen LogP contribution in [0.5, 0.6) is 0 Å². The average Bonchev–Trinajstić information content (AvgIpc) is 2.93. The summed E-state index contributed by atoms with van der Waals surface area (Å²) in [5.74, 6) is 0.760. The molecule has 3 rings (SSSR count). The molecule has 8 heteroatoms. The number of nitrogens with zero attached hydrogens (tertiary/aromatic N) is 4. The van der Waals surface area contributed by atoms with E-state index >= 15 is 0 Å². The average molecular weight is 398 g/mol. The molecule has 0 saturated carbocycles. The monoisotopic (exact) mass is 398 g/mol. The van der Waals surface area contributed by atoms with Crippen molar-refractivity contribution in [3.8, 4) is 0 Å². The summed E-state index contributed by atoms with van der Waals surface area (Å²) >= 11 is 0. The lowest BCUT2D eigenvalue weighted by atomic mass is 10.00. The molecule has 28 heavy (non-hydrogen) atoms. The fourth-order valence-electron chi connectivity index (χ4n) is 4.13. The van der Waals surface area contributed by atoms with E-state index in [1.54, 1.807) is 0 Å². The molecule has 0 spiro atoms. The first-order valence-corrected chi connectivity index (χ1v) is 10.2. The Bertz CT molecular complexity index is 650. The summed E-state index contributed by atoms with van der Waals surface area (Å²) in [6.07, 6.45) is 1.74. The Hall–Kier alpha value is -1.83. The van der Waals surface area contributed by atoms with Crippen LogP contribution in [-0.2, 0) is 11.0 Å². The number of hydrogen-bond acceptors (Lipinski definition) is 4. The molecule has 2 fully saturated rings. The topological polar surface area (TPSA) is 39.7 Å². The van der Waals surface area contributed by atoms with Gasteiger partial charge in [-0.05, 0) is 44.2 Å². The van der Waals surface area contributed by atoms with Gasteiger partial charge >= 0.3 is 6.18 Å². The van der Waals surface area contributed by atoms with E-state index in [1.807, 2.05) is 9.80 Å². The maximum Gasteiger partial charge on any atom is 0.417 e. The molecule has 1 atom stereocenters. The van der Waals surface area contributed by atoms with Crippen molar-refractivity contribution in [2.75, 3.05) is 44.2 Å². The van der Waals surface area contributed by atoms with Gasteiger partial charge in [-0.3, -0.25) is 9.69 Å². The van der Waals surface area contributed by atoms with E-state index in [4.69, 9.17) is 0 Å². The van der Waals surface area contributed by atoms with Crippen LogP contribution in [0, 0.1) is 0 Å². The molecule has 0 aromatic carbocycles. The molecule has 156 valence electrons. The number of carbonyl (C=O) groups excluding carboxylic acids is 1. The standard InChI is InChI=1S/C20H29F3N4O/c1-2-17-6-3-4-11-27(17)19(28)15-25-9-5-10-26(13-12-25)18-8-7-16(14-24-18)20(21,22)23/h7-8,14,17H,2-6,9-13,15H2,1H3. The lowest BCUT2D eigenvalue weighted by molar-refractivity contribution is -0.138. The Balaban J connectivity index is 1.55. The van der Waals surface area contributed by atoms with Crippen LogP contribution in [0.25, 0.3) is 0 Å². The number of anilines is 1. The second kappa shape index (κ2) is 9.11. The Morgan fingerprint density at radius 1 is 1.11 bits per heavy atom. The summed E-state index contributed by atoms with van der Waals surface area (Å²) in [5.41, 5.74) is -0.731. The molecule has 2 aliphatic heterocycles. The second-order valence-electron chi connectivity index (χ2n) is 7.66. The molecule has 2 aliphatic rings.